The summed E-state index contributed by atoms with van der Waals surface area (Å²) < 4.78 is 5.41. The number of halogens is 1. The molecule has 0 radical (unpaired) electrons. The maximum Gasteiger partial charge on any atom is 0.407 e. The summed E-state index contributed by atoms with van der Waals surface area (Å²) in [6, 6.07) is 11.1. The van der Waals surface area contributed by atoms with Crippen molar-refractivity contribution in [3.05, 3.63) is 53.1 Å². The lowest BCUT2D eigenvalue weighted by atomic mass is 9.87. The fourth-order valence-electron chi connectivity index (χ4n) is 5.14. The van der Waals surface area contributed by atoms with Gasteiger partial charge in [0.1, 0.15) is 11.1 Å². The quantitative estimate of drug-likeness (QED) is 0.458. The lowest BCUT2D eigenvalue weighted by molar-refractivity contribution is 0.0476. The van der Waals surface area contributed by atoms with E-state index in [-0.39, 0.29) is 17.6 Å². The highest BCUT2D eigenvalue weighted by molar-refractivity contribution is 6.22. The number of alkyl carbamates (subject to hydrolysis) is 1. The van der Waals surface area contributed by atoms with Gasteiger partial charge in [-0.2, -0.15) is 0 Å². The third-order valence-corrected chi connectivity index (χ3v) is 7.20. The Kier molecular flexibility index (Phi) is 5.26. The molecule has 0 spiro atoms. The van der Waals surface area contributed by atoms with Crippen LogP contribution in [0.2, 0.25) is 0 Å². The van der Waals surface area contributed by atoms with Crippen molar-refractivity contribution in [1.82, 2.24) is 10.2 Å². The molecule has 1 saturated carbocycles. The molecule has 1 aliphatic heterocycles. The average Bonchev–Trinajstić information content (AvgIpc) is 3.51. The van der Waals surface area contributed by atoms with Crippen molar-refractivity contribution in [2.24, 2.45) is 5.92 Å². The highest BCUT2D eigenvalue weighted by atomic mass is 35.5. The van der Waals surface area contributed by atoms with E-state index in [1.165, 1.54) is 33.9 Å². The van der Waals surface area contributed by atoms with E-state index < -0.39 is 5.60 Å². The lowest BCUT2D eigenvalue weighted by Gasteiger charge is -2.37. The number of benzene rings is 2. The molecule has 1 heterocycles. The van der Waals surface area contributed by atoms with Gasteiger partial charge in [-0.25, -0.2) is 4.79 Å². The lowest BCUT2D eigenvalue weighted by Crippen LogP contribution is -2.46. The number of nitrogens with zero attached hydrogens (tertiary/aromatic N) is 1. The van der Waals surface area contributed by atoms with Gasteiger partial charge < -0.3 is 10.1 Å². The first-order chi connectivity index (χ1) is 14.8. The number of amides is 1. The summed E-state index contributed by atoms with van der Waals surface area (Å²) in [6.45, 7) is 7.38. The van der Waals surface area contributed by atoms with Crippen molar-refractivity contribution in [2.45, 2.75) is 63.1 Å². The van der Waals surface area contributed by atoms with Crippen LogP contribution in [0.15, 0.2) is 36.4 Å². The predicted octanol–water partition coefficient (Wildman–Crippen LogP) is 6.20. The standard InChI is InChI=1S/C26H31ClN2O2/c1-26(2,3)31-25(30)28-19-10-12-29(13-11-19)24(27)23-20-7-5-4-6-16(20)14-18-9-8-17-15-21(17)22(18)23/h4-9,14,17,19,21,24H,10-13,15H2,1-3H3,(H,28,30). The number of piperidine rings is 1. The summed E-state index contributed by atoms with van der Waals surface area (Å²) in [4.78, 5) is 14.5. The van der Waals surface area contributed by atoms with E-state index in [2.05, 4.69) is 52.7 Å². The summed E-state index contributed by atoms with van der Waals surface area (Å²) in [5, 5.41) is 5.56. The van der Waals surface area contributed by atoms with E-state index >= 15 is 0 Å². The van der Waals surface area contributed by atoms with Gasteiger partial charge in [0, 0.05) is 19.1 Å². The molecule has 0 aromatic heterocycles. The van der Waals surface area contributed by atoms with E-state index in [4.69, 9.17) is 16.3 Å². The van der Waals surface area contributed by atoms with Crippen LogP contribution in [0, 0.1) is 5.92 Å². The Labute approximate surface area is 189 Å². The number of allylic oxidation sites excluding steroid dienone is 1. The minimum Gasteiger partial charge on any atom is -0.444 e. The van der Waals surface area contributed by atoms with Crippen LogP contribution in [0.1, 0.15) is 68.1 Å². The van der Waals surface area contributed by atoms with Crippen LogP contribution in [-0.2, 0) is 4.74 Å². The van der Waals surface area contributed by atoms with Crippen LogP contribution in [0.25, 0.3) is 16.8 Å². The largest absolute Gasteiger partial charge is 0.444 e. The molecule has 3 atom stereocenters. The number of fused-ring (bicyclic) bond motifs is 4. The van der Waals surface area contributed by atoms with Crippen molar-refractivity contribution < 1.29 is 9.53 Å². The smallest absolute Gasteiger partial charge is 0.407 e. The van der Waals surface area contributed by atoms with Gasteiger partial charge in [0.05, 0.1) is 0 Å². The van der Waals surface area contributed by atoms with Gasteiger partial charge >= 0.3 is 6.09 Å². The van der Waals surface area contributed by atoms with Gasteiger partial charge in [-0.3, -0.25) is 4.90 Å². The third kappa shape index (κ3) is 4.20. The Morgan fingerprint density at radius 1 is 1.23 bits per heavy atom. The summed E-state index contributed by atoms with van der Waals surface area (Å²) in [5.74, 6) is 1.30. The molecule has 4 nitrogen and oxygen atoms in total. The molecule has 1 N–H and O–H groups in total. The highest BCUT2D eigenvalue weighted by Crippen LogP contribution is 2.56. The molecule has 31 heavy (non-hydrogen) atoms. The summed E-state index contributed by atoms with van der Waals surface area (Å²) in [6.07, 6.45) is 7.31. The maximum atomic E-state index is 12.1. The summed E-state index contributed by atoms with van der Waals surface area (Å²) in [5.41, 5.74) is 3.45. The van der Waals surface area contributed by atoms with E-state index in [9.17, 15) is 4.79 Å². The minimum atomic E-state index is -0.478. The zero-order valence-electron chi connectivity index (χ0n) is 18.5. The van der Waals surface area contributed by atoms with Crippen molar-refractivity contribution in [2.75, 3.05) is 13.1 Å². The van der Waals surface area contributed by atoms with Crippen LogP contribution >= 0.6 is 11.6 Å². The molecule has 2 aromatic carbocycles. The molecular weight excluding hydrogens is 408 g/mol. The van der Waals surface area contributed by atoms with Gasteiger partial charge in [-0.15, -0.1) is 11.6 Å². The number of carbonyl (C=O) groups is 1. The summed E-state index contributed by atoms with van der Waals surface area (Å²) >= 11 is 7.22. The zero-order chi connectivity index (χ0) is 21.8. The minimum absolute atomic E-state index is 0.132. The number of hydrogen-bond donors (Lipinski definition) is 1. The molecule has 164 valence electrons. The third-order valence-electron chi connectivity index (χ3n) is 6.71. The number of carbonyl (C=O) groups excluding carboxylic acids is 1. The molecule has 2 aliphatic carbocycles. The first-order valence-electron chi connectivity index (χ1n) is 11.4. The van der Waals surface area contributed by atoms with E-state index in [0.29, 0.717) is 11.8 Å². The number of rotatable bonds is 3. The van der Waals surface area contributed by atoms with Crippen molar-refractivity contribution in [3.63, 3.8) is 0 Å². The second-order valence-corrected chi connectivity index (χ2v) is 10.6. The first kappa shape index (κ1) is 20.8. The fourth-order valence-corrected chi connectivity index (χ4v) is 5.57. The predicted molar refractivity (Wildman–Crippen MR) is 126 cm³/mol. The molecule has 0 bridgehead atoms. The van der Waals surface area contributed by atoms with Gasteiger partial charge in [-0.1, -0.05) is 36.4 Å². The Balaban J connectivity index is 1.35. The molecule has 5 rings (SSSR count). The second kappa shape index (κ2) is 7.83. The van der Waals surface area contributed by atoms with E-state index in [1.807, 2.05) is 20.8 Å². The maximum absolute atomic E-state index is 12.1. The Morgan fingerprint density at radius 3 is 2.71 bits per heavy atom. The van der Waals surface area contributed by atoms with Crippen LogP contribution in [-0.4, -0.2) is 35.7 Å². The molecule has 2 fully saturated rings. The molecule has 5 heteroatoms. The SMILES string of the molecule is CC(C)(C)OC(=O)NC1CCN(C(Cl)c2c3c(cc4ccccc24)C=CC2CC32)CC1. The summed E-state index contributed by atoms with van der Waals surface area (Å²) in [7, 11) is 0. The Morgan fingerprint density at radius 2 is 1.97 bits per heavy atom. The van der Waals surface area contributed by atoms with Gasteiger partial charge in [-0.05, 0) is 85.4 Å². The first-order valence-corrected chi connectivity index (χ1v) is 11.9. The number of ether oxygens (including phenoxy) is 1. The van der Waals surface area contributed by atoms with Gasteiger partial charge in [0.25, 0.3) is 0 Å². The van der Waals surface area contributed by atoms with Crippen LogP contribution < -0.4 is 5.32 Å². The van der Waals surface area contributed by atoms with Gasteiger partial charge in [0.2, 0.25) is 0 Å². The number of likely N-dealkylation sites (tertiary alicyclic amines) is 1. The topological polar surface area (TPSA) is 41.6 Å². The normalized spacial score (nSPS) is 24.4. The van der Waals surface area contributed by atoms with Crippen LogP contribution in [0.5, 0.6) is 0 Å². The fraction of sp³-hybridized carbons (Fsp3) is 0.500. The Hall–Kier alpha value is -2.04. The average molecular weight is 439 g/mol. The molecule has 3 unspecified atom stereocenters. The second-order valence-electron chi connectivity index (χ2n) is 10.2. The van der Waals surface area contributed by atoms with Crippen LogP contribution in [0.3, 0.4) is 0 Å². The number of hydrogen-bond acceptors (Lipinski definition) is 3. The molecule has 1 amide bonds. The van der Waals surface area contributed by atoms with E-state index in [1.54, 1.807) is 0 Å². The monoisotopic (exact) mass is 438 g/mol. The van der Waals surface area contributed by atoms with E-state index in [0.717, 1.165) is 25.9 Å². The van der Waals surface area contributed by atoms with Crippen molar-refractivity contribution in [1.29, 1.82) is 0 Å². The molecular formula is C26H31ClN2O2. The number of alkyl halides is 1. The Bertz CT molecular complexity index is 1030. The molecule has 2 aromatic rings. The zero-order valence-corrected chi connectivity index (χ0v) is 19.3. The van der Waals surface area contributed by atoms with Gasteiger partial charge in [0.15, 0.2) is 0 Å². The van der Waals surface area contributed by atoms with Crippen molar-refractivity contribution in [3.8, 4) is 0 Å². The highest BCUT2D eigenvalue weighted by Gasteiger charge is 2.43. The van der Waals surface area contributed by atoms with Crippen LogP contribution in [0.4, 0.5) is 4.79 Å². The molecule has 1 saturated heterocycles. The number of nitrogens with one attached hydrogen (secondary N) is 1. The molecule has 3 aliphatic rings. The van der Waals surface area contributed by atoms with Crippen molar-refractivity contribution >= 4 is 34.5 Å².